The van der Waals surface area contributed by atoms with Crippen LogP contribution >= 0.6 is 0 Å². The normalized spacial score (nSPS) is 23.1. The molecule has 0 N–H and O–H groups in total. The van der Waals surface area contributed by atoms with Gasteiger partial charge in [0.05, 0.1) is 6.42 Å². The van der Waals surface area contributed by atoms with Crippen LogP contribution in [0.4, 0.5) is 13.2 Å². The van der Waals surface area contributed by atoms with Crippen LogP contribution in [0, 0.1) is 5.92 Å². The Morgan fingerprint density at radius 2 is 1.68 bits per heavy atom. The molecule has 1 aromatic carbocycles. The van der Waals surface area contributed by atoms with E-state index >= 15 is 0 Å². The van der Waals surface area contributed by atoms with E-state index in [9.17, 15) is 13.2 Å². The second-order valence-electron chi connectivity index (χ2n) is 6.35. The largest absolute Gasteiger partial charge is 0.392 e. The number of aryl methyl sites for hydroxylation is 1. The molecular formula is C19H25F3. The zero-order chi connectivity index (χ0) is 16.0. The first-order chi connectivity index (χ1) is 10.5. The summed E-state index contributed by atoms with van der Waals surface area (Å²) in [6.07, 6.45) is 4.62. The van der Waals surface area contributed by atoms with Gasteiger partial charge in [-0.25, -0.2) is 0 Å². The van der Waals surface area contributed by atoms with Gasteiger partial charge < -0.3 is 0 Å². The van der Waals surface area contributed by atoms with Crippen LogP contribution in [-0.4, -0.2) is 6.18 Å². The van der Waals surface area contributed by atoms with Crippen molar-refractivity contribution in [2.75, 3.05) is 0 Å². The van der Waals surface area contributed by atoms with Gasteiger partial charge >= 0.3 is 6.18 Å². The molecular weight excluding hydrogens is 285 g/mol. The lowest BCUT2D eigenvalue weighted by Gasteiger charge is -2.27. The van der Waals surface area contributed by atoms with Crippen LogP contribution < -0.4 is 0 Å². The first kappa shape index (κ1) is 17.1. The summed E-state index contributed by atoms with van der Waals surface area (Å²) in [5, 5.41) is 0. The third-order valence-electron chi connectivity index (χ3n) is 4.52. The quantitative estimate of drug-likeness (QED) is 0.550. The predicted molar refractivity (Wildman–Crippen MR) is 84.9 cm³/mol. The molecule has 0 heterocycles. The Kier molecular flexibility index (Phi) is 6.10. The third-order valence-corrected chi connectivity index (χ3v) is 4.52. The smallest absolute Gasteiger partial charge is 0.171 e. The maximum atomic E-state index is 12.1. The Morgan fingerprint density at radius 1 is 1.05 bits per heavy atom. The average Bonchev–Trinajstić information content (AvgIpc) is 2.48. The first-order valence-corrected chi connectivity index (χ1v) is 8.30. The Bertz CT molecular complexity index is 462. The van der Waals surface area contributed by atoms with E-state index in [0.29, 0.717) is 11.8 Å². The van der Waals surface area contributed by atoms with Crippen molar-refractivity contribution in [2.24, 2.45) is 5.92 Å². The number of hydrogen-bond donors (Lipinski definition) is 0. The van der Waals surface area contributed by atoms with Gasteiger partial charge in [-0.15, -0.1) is 0 Å². The summed E-state index contributed by atoms with van der Waals surface area (Å²) in [5.74, 6) is 0.890. The number of halogens is 3. The van der Waals surface area contributed by atoms with E-state index in [4.69, 9.17) is 0 Å². The van der Waals surface area contributed by atoms with Crippen molar-refractivity contribution in [1.82, 2.24) is 0 Å². The number of alkyl halides is 3. The molecule has 3 heteroatoms. The molecule has 0 spiro atoms. The highest BCUT2D eigenvalue weighted by molar-refractivity contribution is 5.26. The lowest BCUT2D eigenvalue weighted by molar-refractivity contribution is -0.125. The zero-order valence-corrected chi connectivity index (χ0v) is 13.2. The monoisotopic (exact) mass is 310 g/mol. The molecule has 1 aliphatic carbocycles. The van der Waals surface area contributed by atoms with Gasteiger partial charge in [0.15, 0.2) is 0 Å². The van der Waals surface area contributed by atoms with E-state index in [0.717, 1.165) is 38.5 Å². The van der Waals surface area contributed by atoms with Gasteiger partial charge in [-0.3, -0.25) is 0 Å². The molecule has 1 aliphatic rings. The van der Waals surface area contributed by atoms with Crippen molar-refractivity contribution in [2.45, 2.75) is 64.0 Å². The van der Waals surface area contributed by atoms with E-state index in [-0.39, 0.29) is 0 Å². The molecule has 0 atom stereocenters. The predicted octanol–water partition coefficient (Wildman–Crippen LogP) is 6.42. The minimum absolute atomic E-state index is 0.318. The van der Waals surface area contributed by atoms with Crippen LogP contribution in [0.25, 0.3) is 0 Å². The topological polar surface area (TPSA) is 0 Å². The Labute approximate surface area is 131 Å². The summed E-state index contributed by atoms with van der Waals surface area (Å²) < 4.78 is 36.4. The number of rotatable bonds is 5. The molecule has 0 aliphatic heterocycles. The van der Waals surface area contributed by atoms with Crippen LogP contribution in [0.2, 0.25) is 0 Å². The maximum Gasteiger partial charge on any atom is 0.392 e. The molecule has 1 saturated carbocycles. The van der Waals surface area contributed by atoms with E-state index in [2.05, 4.69) is 31.2 Å². The van der Waals surface area contributed by atoms with Gasteiger partial charge in [0.25, 0.3) is 0 Å². The van der Waals surface area contributed by atoms with Gasteiger partial charge in [-0.1, -0.05) is 49.8 Å². The van der Waals surface area contributed by atoms with Crippen molar-refractivity contribution in [3.05, 3.63) is 47.5 Å². The average molecular weight is 310 g/mol. The molecule has 1 fully saturated rings. The molecule has 0 amide bonds. The van der Waals surface area contributed by atoms with Gasteiger partial charge in [-0.05, 0) is 55.1 Å². The molecule has 1 aromatic rings. The number of benzene rings is 1. The molecule has 0 nitrogen and oxygen atoms in total. The van der Waals surface area contributed by atoms with Gasteiger partial charge in [0, 0.05) is 0 Å². The first-order valence-electron chi connectivity index (χ1n) is 8.30. The van der Waals surface area contributed by atoms with Crippen molar-refractivity contribution in [1.29, 1.82) is 0 Å². The lowest BCUT2D eigenvalue weighted by Crippen LogP contribution is -2.12. The highest BCUT2D eigenvalue weighted by Gasteiger charge is 2.25. The van der Waals surface area contributed by atoms with Crippen LogP contribution in [0.1, 0.15) is 62.5 Å². The molecule has 0 radical (unpaired) electrons. The number of hydrogen-bond acceptors (Lipinski definition) is 0. The third kappa shape index (κ3) is 5.51. The molecule has 2 rings (SSSR count). The fourth-order valence-corrected chi connectivity index (χ4v) is 3.28. The Balaban J connectivity index is 1.81. The molecule has 0 aromatic heterocycles. The summed E-state index contributed by atoms with van der Waals surface area (Å²) in [4.78, 5) is 0. The van der Waals surface area contributed by atoms with E-state index in [1.807, 2.05) is 0 Å². The highest BCUT2D eigenvalue weighted by atomic mass is 19.4. The zero-order valence-electron chi connectivity index (χ0n) is 13.2. The van der Waals surface area contributed by atoms with Gasteiger partial charge in [0.1, 0.15) is 0 Å². The standard InChI is InChI=1S/C19H25F3/c1-2-4-15-6-10-17(11-7-15)18-12-8-16(9-13-18)5-3-14-19(20,21)22/h3,5-7,10-11,16,18H,2,4,8-9,12-14H2,1H3/t16-,18-. The van der Waals surface area contributed by atoms with Crippen LogP contribution in [0.3, 0.4) is 0 Å². The minimum Gasteiger partial charge on any atom is -0.171 e. The second kappa shape index (κ2) is 7.85. The van der Waals surface area contributed by atoms with E-state index < -0.39 is 12.6 Å². The minimum atomic E-state index is -4.08. The summed E-state index contributed by atoms with van der Waals surface area (Å²) in [7, 11) is 0. The lowest BCUT2D eigenvalue weighted by atomic mass is 9.78. The summed E-state index contributed by atoms with van der Waals surface area (Å²) in [6.45, 7) is 2.18. The van der Waals surface area contributed by atoms with E-state index in [1.54, 1.807) is 6.08 Å². The fourth-order valence-electron chi connectivity index (χ4n) is 3.28. The molecule has 0 bridgehead atoms. The molecule has 22 heavy (non-hydrogen) atoms. The number of allylic oxidation sites excluding steroid dienone is 2. The maximum absolute atomic E-state index is 12.1. The SMILES string of the molecule is CCCc1ccc([C@H]2CC[C@H](C=CCC(F)(F)F)CC2)cc1. The highest BCUT2D eigenvalue weighted by Crippen LogP contribution is 2.36. The van der Waals surface area contributed by atoms with Crippen molar-refractivity contribution in [3.63, 3.8) is 0 Å². The van der Waals surface area contributed by atoms with Crippen LogP contribution in [0.15, 0.2) is 36.4 Å². The van der Waals surface area contributed by atoms with Gasteiger partial charge in [-0.2, -0.15) is 13.2 Å². The second-order valence-corrected chi connectivity index (χ2v) is 6.35. The fraction of sp³-hybridized carbons (Fsp3) is 0.579. The molecule has 0 unspecified atom stereocenters. The van der Waals surface area contributed by atoms with E-state index in [1.165, 1.54) is 17.2 Å². The van der Waals surface area contributed by atoms with Crippen molar-refractivity contribution in [3.8, 4) is 0 Å². The summed E-state index contributed by atoms with van der Waals surface area (Å²) in [6, 6.07) is 8.90. The molecule has 122 valence electrons. The van der Waals surface area contributed by atoms with Crippen molar-refractivity contribution < 1.29 is 13.2 Å². The van der Waals surface area contributed by atoms with Crippen LogP contribution in [-0.2, 0) is 6.42 Å². The Morgan fingerprint density at radius 3 is 2.23 bits per heavy atom. The van der Waals surface area contributed by atoms with Gasteiger partial charge in [0.2, 0.25) is 0 Å². The summed E-state index contributed by atoms with van der Waals surface area (Å²) >= 11 is 0. The Hall–Kier alpha value is -1.25. The van der Waals surface area contributed by atoms with Crippen molar-refractivity contribution >= 4 is 0 Å². The molecule has 0 saturated heterocycles. The summed E-state index contributed by atoms with van der Waals surface area (Å²) in [5.41, 5.74) is 2.77. The van der Waals surface area contributed by atoms with Crippen LogP contribution in [0.5, 0.6) is 0 Å².